The maximum Gasteiger partial charge on any atom is 0.124 e. The van der Waals surface area contributed by atoms with Gasteiger partial charge in [0.15, 0.2) is 0 Å². The Morgan fingerprint density at radius 2 is 1.16 bits per heavy atom. The van der Waals surface area contributed by atoms with E-state index >= 15 is 0 Å². The van der Waals surface area contributed by atoms with Crippen LogP contribution in [0.5, 0.6) is 0 Å². The molecule has 0 fully saturated rings. The van der Waals surface area contributed by atoms with Gasteiger partial charge < -0.3 is 4.57 Å². The third-order valence-corrected chi connectivity index (χ3v) is 8.59. The zero-order valence-electron chi connectivity index (χ0n) is 20.5. The highest BCUT2D eigenvalue weighted by atomic mass is 32.1. The van der Waals surface area contributed by atoms with Crippen molar-refractivity contribution in [2.24, 2.45) is 0 Å². The molecule has 0 radical (unpaired) electrons. The van der Waals surface area contributed by atoms with Crippen molar-refractivity contribution in [1.29, 1.82) is 0 Å². The Labute approximate surface area is 224 Å². The monoisotopic (exact) mass is 502 g/mol. The third kappa shape index (κ3) is 3.22. The Morgan fingerprint density at radius 1 is 0.500 bits per heavy atom. The van der Waals surface area contributed by atoms with Gasteiger partial charge in [0.1, 0.15) is 4.83 Å². The summed E-state index contributed by atoms with van der Waals surface area (Å²) in [5.74, 6) is 0. The lowest BCUT2D eigenvalue weighted by atomic mass is 9.98. The second-order valence-corrected chi connectivity index (χ2v) is 10.6. The van der Waals surface area contributed by atoms with E-state index in [0.717, 1.165) is 10.5 Å². The lowest BCUT2D eigenvalue weighted by molar-refractivity contribution is 1.18. The van der Waals surface area contributed by atoms with Gasteiger partial charge in [0.25, 0.3) is 0 Å². The van der Waals surface area contributed by atoms with E-state index in [2.05, 4.69) is 131 Å². The Balaban J connectivity index is 1.49. The Hall–Kier alpha value is -4.73. The van der Waals surface area contributed by atoms with Gasteiger partial charge in [-0.05, 0) is 64.7 Å². The number of pyridine rings is 1. The number of thiophene rings is 1. The van der Waals surface area contributed by atoms with Crippen molar-refractivity contribution in [2.75, 3.05) is 0 Å². The van der Waals surface area contributed by atoms with Crippen molar-refractivity contribution in [3.8, 4) is 27.9 Å². The first-order valence-corrected chi connectivity index (χ1v) is 13.6. The first kappa shape index (κ1) is 21.4. The van der Waals surface area contributed by atoms with Gasteiger partial charge in [-0.25, -0.2) is 4.98 Å². The van der Waals surface area contributed by atoms with E-state index in [4.69, 9.17) is 0 Å². The lowest BCUT2D eigenvalue weighted by Crippen LogP contribution is -1.96. The van der Waals surface area contributed by atoms with Gasteiger partial charge in [-0.1, -0.05) is 84.9 Å². The average Bonchev–Trinajstić information content (AvgIpc) is 3.53. The number of hydrogen-bond donors (Lipinski definition) is 0. The first-order valence-electron chi connectivity index (χ1n) is 12.8. The quantitative estimate of drug-likeness (QED) is 0.235. The Kier molecular flexibility index (Phi) is 4.73. The highest BCUT2D eigenvalue weighted by molar-refractivity contribution is 7.26. The molecule has 0 atom stereocenters. The summed E-state index contributed by atoms with van der Waals surface area (Å²) in [6, 6.07) is 45.8. The molecule has 38 heavy (non-hydrogen) atoms. The largest absolute Gasteiger partial charge is 0.309 e. The number of para-hydroxylation sites is 1. The topological polar surface area (TPSA) is 17.8 Å². The van der Waals surface area contributed by atoms with E-state index in [0.29, 0.717) is 0 Å². The molecule has 3 aromatic heterocycles. The third-order valence-electron chi connectivity index (χ3n) is 7.44. The van der Waals surface area contributed by atoms with E-state index in [1.807, 2.05) is 12.3 Å². The number of hydrogen-bond acceptors (Lipinski definition) is 2. The van der Waals surface area contributed by atoms with Gasteiger partial charge >= 0.3 is 0 Å². The molecule has 0 aliphatic rings. The van der Waals surface area contributed by atoms with Gasteiger partial charge in [-0.2, -0.15) is 0 Å². The van der Waals surface area contributed by atoms with Crippen molar-refractivity contribution < 1.29 is 0 Å². The SMILES string of the molecule is c1ccc(-c2cc(-c3ccccc3)cc(-n3c4ccccc4c4c5sc6ncccc6c5ccc43)c2)cc1. The zero-order valence-corrected chi connectivity index (χ0v) is 21.3. The molecule has 0 unspecified atom stereocenters. The molecule has 3 heteroatoms. The lowest BCUT2D eigenvalue weighted by Gasteiger charge is -2.14. The van der Waals surface area contributed by atoms with Crippen LogP contribution < -0.4 is 0 Å². The van der Waals surface area contributed by atoms with Crippen LogP contribution in [0.3, 0.4) is 0 Å². The van der Waals surface area contributed by atoms with Crippen molar-refractivity contribution in [3.05, 3.63) is 134 Å². The molecular weight excluding hydrogens is 480 g/mol. The number of benzene rings is 5. The van der Waals surface area contributed by atoms with Crippen LogP contribution in [0.15, 0.2) is 134 Å². The van der Waals surface area contributed by atoms with Crippen molar-refractivity contribution in [3.63, 3.8) is 0 Å². The number of rotatable bonds is 3. The molecule has 0 bridgehead atoms. The predicted octanol–water partition coefficient (Wildman–Crippen LogP) is 9.88. The summed E-state index contributed by atoms with van der Waals surface area (Å²) >= 11 is 1.79. The molecule has 0 aliphatic carbocycles. The van der Waals surface area contributed by atoms with Crippen LogP contribution in [-0.4, -0.2) is 9.55 Å². The number of aromatic nitrogens is 2. The van der Waals surface area contributed by atoms with Crippen LogP contribution in [-0.2, 0) is 0 Å². The minimum Gasteiger partial charge on any atom is -0.309 e. The van der Waals surface area contributed by atoms with E-state index < -0.39 is 0 Å². The minimum absolute atomic E-state index is 1.09. The highest BCUT2D eigenvalue weighted by Gasteiger charge is 2.18. The number of nitrogens with zero attached hydrogens (tertiary/aromatic N) is 2. The van der Waals surface area contributed by atoms with Gasteiger partial charge in [0, 0.05) is 38.1 Å². The van der Waals surface area contributed by atoms with Crippen LogP contribution in [0, 0.1) is 0 Å². The fourth-order valence-electron chi connectivity index (χ4n) is 5.73. The van der Waals surface area contributed by atoms with Crippen LogP contribution in [0.1, 0.15) is 0 Å². The summed E-state index contributed by atoms with van der Waals surface area (Å²) in [6.07, 6.45) is 1.89. The summed E-state index contributed by atoms with van der Waals surface area (Å²) in [7, 11) is 0. The van der Waals surface area contributed by atoms with Gasteiger partial charge in [0.2, 0.25) is 0 Å². The predicted molar refractivity (Wildman–Crippen MR) is 162 cm³/mol. The number of fused-ring (bicyclic) bond motifs is 7. The fourth-order valence-corrected chi connectivity index (χ4v) is 6.93. The van der Waals surface area contributed by atoms with Crippen LogP contribution in [0.4, 0.5) is 0 Å². The molecule has 0 saturated carbocycles. The fraction of sp³-hybridized carbons (Fsp3) is 0. The maximum atomic E-state index is 4.67. The second-order valence-electron chi connectivity index (χ2n) is 9.65. The molecule has 8 rings (SSSR count). The van der Waals surface area contributed by atoms with Crippen molar-refractivity contribution >= 4 is 53.4 Å². The summed E-state index contributed by atoms with van der Waals surface area (Å²) in [6.45, 7) is 0. The summed E-state index contributed by atoms with van der Waals surface area (Å²) < 4.78 is 3.73. The minimum atomic E-state index is 1.09. The molecule has 0 saturated heterocycles. The molecule has 2 nitrogen and oxygen atoms in total. The zero-order chi connectivity index (χ0) is 25.1. The normalized spacial score (nSPS) is 11.7. The molecule has 0 spiro atoms. The van der Waals surface area contributed by atoms with Crippen molar-refractivity contribution in [2.45, 2.75) is 0 Å². The van der Waals surface area contributed by atoms with Crippen molar-refractivity contribution in [1.82, 2.24) is 9.55 Å². The molecule has 3 heterocycles. The molecule has 5 aromatic carbocycles. The molecule has 0 aliphatic heterocycles. The standard InChI is InChI=1S/C35H22N2S/c1-3-10-23(11-4-1)25-20-26(24-12-5-2-6-13-24)22-27(21-25)37-31-16-8-7-14-30(31)33-32(37)18-17-28-29-15-9-19-36-35(29)38-34(28)33/h1-22H. The Morgan fingerprint density at radius 3 is 1.89 bits per heavy atom. The maximum absolute atomic E-state index is 4.67. The molecule has 8 aromatic rings. The van der Waals surface area contributed by atoms with Gasteiger partial charge in [-0.15, -0.1) is 11.3 Å². The van der Waals surface area contributed by atoms with Crippen LogP contribution in [0.25, 0.3) is 70.0 Å². The van der Waals surface area contributed by atoms with E-state index in [9.17, 15) is 0 Å². The summed E-state index contributed by atoms with van der Waals surface area (Å²) in [4.78, 5) is 5.76. The van der Waals surface area contributed by atoms with Crippen LogP contribution >= 0.6 is 11.3 Å². The summed E-state index contributed by atoms with van der Waals surface area (Å²) in [5, 5.41) is 5.07. The molecule has 0 amide bonds. The highest BCUT2D eigenvalue weighted by Crippen LogP contribution is 2.43. The first-order chi connectivity index (χ1) is 18.8. The van der Waals surface area contributed by atoms with E-state index in [1.54, 1.807) is 11.3 Å². The van der Waals surface area contributed by atoms with Crippen LogP contribution in [0.2, 0.25) is 0 Å². The molecule has 0 N–H and O–H groups in total. The Bertz CT molecular complexity index is 2060. The smallest absolute Gasteiger partial charge is 0.124 e. The van der Waals surface area contributed by atoms with Gasteiger partial charge in [-0.3, -0.25) is 0 Å². The second kappa shape index (κ2) is 8.41. The van der Waals surface area contributed by atoms with E-state index in [1.165, 1.54) is 59.5 Å². The molecular formula is C35H22N2S. The van der Waals surface area contributed by atoms with E-state index in [-0.39, 0.29) is 0 Å². The molecule has 178 valence electrons. The van der Waals surface area contributed by atoms with Gasteiger partial charge in [0.05, 0.1) is 11.0 Å². The average molecular weight is 503 g/mol. The summed E-state index contributed by atoms with van der Waals surface area (Å²) in [5.41, 5.74) is 8.43.